The first-order valence-electron chi connectivity index (χ1n) is 10.2. The minimum atomic E-state index is -0.0148. The Morgan fingerprint density at radius 2 is 1.85 bits per heavy atom. The smallest absolute Gasteiger partial charge is 0.255 e. The van der Waals surface area contributed by atoms with Gasteiger partial charge < -0.3 is 10.2 Å². The van der Waals surface area contributed by atoms with E-state index >= 15 is 0 Å². The second-order valence-electron chi connectivity index (χ2n) is 7.78. The van der Waals surface area contributed by atoms with E-state index in [2.05, 4.69) is 22.2 Å². The number of unbranched alkanes of at least 4 members (excludes halogenated alkanes) is 1. The van der Waals surface area contributed by atoms with Crippen molar-refractivity contribution in [1.82, 2.24) is 20.0 Å². The van der Waals surface area contributed by atoms with Crippen LogP contribution in [0, 0.1) is 19.8 Å². The van der Waals surface area contributed by atoms with Gasteiger partial charge in [-0.3, -0.25) is 4.79 Å². The number of carbonyl (C=O) groups excluding carboxylic acids is 1. The van der Waals surface area contributed by atoms with Gasteiger partial charge in [0.2, 0.25) is 0 Å². The normalized spacial score (nSPS) is 15.8. The number of nitrogens with one attached hydrogen (secondary N) is 1. The first-order chi connectivity index (χ1) is 13.1. The molecule has 0 aliphatic carbocycles. The molecule has 2 heterocycles. The highest BCUT2D eigenvalue weighted by atomic mass is 16.1. The number of nitrogens with zero attached hydrogens (tertiary/aromatic N) is 3. The van der Waals surface area contributed by atoms with E-state index in [1.807, 2.05) is 48.9 Å². The predicted molar refractivity (Wildman–Crippen MR) is 109 cm³/mol. The number of likely N-dealkylation sites (tertiary alicyclic amines) is 1. The van der Waals surface area contributed by atoms with Crippen molar-refractivity contribution in [3.8, 4) is 5.69 Å². The monoisotopic (exact) mass is 368 g/mol. The maximum Gasteiger partial charge on any atom is 0.255 e. The molecule has 5 heteroatoms. The zero-order valence-electron chi connectivity index (χ0n) is 16.9. The highest BCUT2D eigenvalue weighted by Gasteiger charge is 2.19. The molecule has 3 rings (SSSR count). The lowest BCUT2D eigenvalue weighted by molar-refractivity contribution is 0.0951. The molecule has 27 heavy (non-hydrogen) atoms. The van der Waals surface area contributed by atoms with E-state index in [1.54, 1.807) is 0 Å². The second kappa shape index (κ2) is 9.18. The summed E-state index contributed by atoms with van der Waals surface area (Å²) in [5.41, 5.74) is 3.34. The molecule has 1 aromatic carbocycles. The van der Waals surface area contributed by atoms with Gasteiger partial charge in [0.1, 0.15) is 0 Å². The van der Waals surface area contributed by atoms with Crippen LogP contribution in [0.3, 0.4) is 0 Å². The van der Waals surface area contributed by atoms with Crippen LogP contribution in [0.25, 0.3) is 5.69 Å². The van der Waals surface area contributed by atoms with Crippen molar-refractivity contribution in [1.29, 1.82) is 0 Å². The summed E-state index contributed by atoms with van der Waals surface area (Å²) in [6.45, 7) is 10.5. The van der Waals surface area contributed by atoms with Gasteiger partial charge >= 0.3 is 0 Å². The third-order valence-electron chi connectivity index (χ3n) is 5.58. The molecule has 1 aromatic heterocycles. The van der Waals surface area contributed by atoms with E-state index in [1.165, 1.54) is 25.9 Å². The van der Waals surface area contributed by atoms with Crippen LogP contribution in [0.1, 0.15) is 54.4 Å². The van der Waals surface area contributed by atoms with Crippen molar-refractivity contribution in [2.45, 2.75) is 46.5 Å². The van der Waals surface area contributed by atoms with E-state index in [9.17, 15) is 4.79 Å². The lowest BCUT2D eigenvalue weighted by atomic mass is 9.99. The largest absolute Gasteiger partial charge is 0.352 e. The lowest BCUT2D eigenvalue weighted by Crippen LogP contribution is -2.34. The van der Waals surface area contributed by atoms with E-state index in [0.717, 1.165) is 48.9 Å². The van der Waals surface area contributed by atoms with Crippen LogP contribution in [0.15, 0.2) is 30.3 Å². The number of carbonyl (C=O) groups is 1. The van der Waals surface area contributed by atoms with Crippen molar-refractivity contribution in [3.05, 3.63) is 47.3 Å². The fraction of sp³-hybridized carbons (Fsp3) is 0.545. The molecule has 1 saturated heterocycles. The van der Waals surface area contributed by atoms with Gasteiger partial charge in [-0.15, -0.1) is 0 Å². The van der Waals surface area contributed by atoms with Gasteiger partial charge in [-0.25, -0.2) is 4.68 Å². The van der Waals surface area contributed by atoms with Gasteiger partial charge in [0.25, 0.3) is 5.91 Å². The summed E-state index contributed by atoms with van der Waals surface area (Å²) in [4.78, 5) is 15.2. The first-order valence-corrected chi connectivity index (χ1v) is 10.2. The van der Waals surface area contributed by atoms with Crippen molar-refractivity contribution in [2.75, 3.05) is 26.2 Å². The number of benzene rings is 1. The van der Waals surface area contributed by atoms with E-state index in [4.69, 9.17) is 0 Å². The molecule has 1 N–H and O–H groups in total. The van der Waals surface area contributed by atoms with Crippen LogP contribution < -0.4 is 5.32 Å². The van der Waals surface area contributed by atoms with E-state index in [0.29, 0.717) is 5.56 Å². The van der Waals surface area contributed by atoms with Crippen molar-refractivity contribution in [2.24, 2.45) is 5.92 Å². The highest BCUT2D eigenvalue weighted by molar-refractivity contribution is 5.96. The van der Waals surface area contributed by atoms with Gasteiger partial charge in [0, 0.05) is 6.54 Å². The van der Waals surface area contributed by atoms with E-state index in [-0.39, 0.29) is 5.91 Å². The average Bonchev–Trinajstić information content (AvgIpc) is 2.98. The van der Waals surface area contributed by atoms with Gasteiger partial charge in [-0.1, -0.05) is 25.1 Å². The van der Waals surface area contributed by atoms with Crippen LogP contribution in [-0.2, 0) is 0 Å². The second-order valence-corrected chi connectivity index (χ2v) is 7.78. The Hall–Kier alpha value is -2.14. The molecule has 5 nitrogen and oxygen atoms in total. The van der Waals surface area contributed by atoms with Gasteiger partial charge in [0.15, 0.2) is 0 Å². The van der Waals surface area contributed by atoms with Crippen LogP contribution in [0.2, 0.25) is 0 Å². The summed E-state index contributed by atoms with van der Waals surface area (Å²) in [6, 6.07) is 9.95. The number of hydrogen-bond donors (Lipinski definition) is 1. The Kier molecular flexibility index (Phi) is 6.67. The standard InChI is InChI=1S/C22H32N4O/c1-17-11-15-25(16-12-17)14-8-7-13-23-22(27)21-18(2)24-26(19(21)3)20-9-5-4-6-10-20/h4-6,9-10,17H,7-8,11-16H2,1-3H3,(H,23,27). The molecule has 2 aromatic rings. The molecule has 1 aliphatic heterocycles. The Balaban J connectivity index is 1.48. The Morgan fingerprint density at radius 1 is 1.15 bits per heavy atom. The minimum Gasteiger partial charge on any atom is -0.352 e. The summed E-state index contributed by atoms with van der Waals surface area (Å²) in [5, 5.41) is 7.64. The lowest BCUT2D eigenvalue weighted by Gasteiger charge is -2.30. The third kappa shape index (κ3) is 4.98. The highest BCUT2D eigenvalue weighted by Crippen LogP contribution is 2.18. The van der Waals surface area contributed by atoms with Gasteiger partial charge in [-0.05, 0) is 77.2 Å². The van der Waals surface area contributed by atoms with Crippen LogP contribution in [-0.4, -0.2) is 46.8 Å². The van der Waals surface area contributed by atoms with Crippen LogP contribution in [0.5, 0.6) is 0 Å². The molecule has 0 saturated carbocycles. The fourth-order valence-electron chi connectivity index (χ4n) is 3.83. The Bertz CT molecular complexity index is 745. The van der Waals surface area contributed by atoms with Crippen molar-refractivity contribution >= 4 is 5.91 Å². The third-order valence-corrected chi connectivity index (χ3v) is 5.58. The number of rotatable bonds is 7. The van der Waals surface area contributed by atoms with Crippen molar-refractivity contribution in [3.63, 3.8) is 0 Å². The quantitative estimate of drug-likeness (QED) is 0.758. The van der Waals surface area contributed by atoms with Crippen molar-refractivity contribution < 1.29 is 4.79 Å². The molecule has 0 bridgehead atoms. The molecule has 1 aliphatic rings. The summed E-state index contributed by atoms with van der Waals surface area (Å²) >= 11 is 0. The molecule has 0 unspecified atom stereocenters. The number of amides is 1. The first kappa shape index (κ1) is 19.6. The molecule has 0 atom stereocenters. The number of para-hydroxylation sites is 1. The number of hydrogen-bond acceptors (Lipinski definition) is 3. The van der Waals surface area contributed by atoms with Crippen LogP contribution >= 0.6 is 0 Å². The summed E-state index contributed by atoms with van der Waals surface area (Å²) < 4.78 is 1.85. The number of piperidine rings is 1. The molecule has 0 spiro atoms. The molecular weight excluding hydrogens is 336 g/mol. The van der Waals surface area contributed by atoms with Gasteiger partial charge in [-0.2, -0.15) is 5.10 Å². The fourth-order valence-corrected chi connectivity index (χ4v) is 3.83. The minimum absolute atomic E-state index is 0.0148. The Labute approximate surface area is 162 Å². The average molecular weight is 369 g/mol. The zero-order valence-corrected chi connectivity index (χ0v) is 16.9. The molecule has 146 valence electrons. The number of aryl methyl sites for hydroxylation is 1. The zero-order chi connectivity index (χ0) is 19.2. The molecular formula is C22H32N4O. The van der Waals surface area contributed by atoms with Crippen LogP contribution in [0.4, 0.5) is 0 Å². The molecule has 1 fully saturated rings. The SMILES string of the molecule is Cc1nn(-c2ccccc2)c(C)c1C(=O)NCCCCN1CCC(C)CC1. The molecule has 1 amide bonds. The summed E-state index contributed by atoms with van der Waals surface area (Å²) in [6.07, 6.45) is 4.79. The maximum atomic E-state index is 12.7. The molecule has 0 radical (unpaired) electrons. The topological polar surface area (TPSA) is 50.2 Å². The summed E-state index contributed by atoms with van der Waals surface area (Å²) in [7, 11) is 0. The van der Waals surface area contributed by atoms with Gasteiger partial charge in [0.05, 0.1) is 22.6 Å². The Morgan fingerprint density at radius 3 is 2.56 bits per heavy atom. The maximum absolute atomic E-state index is 12.7. The predicted octanol–water partition coefficient (Wildman–Crippen LogP) is 3.73. The summed E-state index contributed by atoms with van der Waals surface area (Å²) in [5.74, 6) is 0.864. The van der Waals surface area contributed by atoms with E-state index < -0.39 is 0 Å². The number of aromatic nitrogens is 2.